The molecule has 1 saturated heterocycles. The smallest absolute Gasteiger partial charge is 0.129 e. The second-order valence-electron chi connectivity index (χ2n) is 11.8. The first-order chi connectivity index (χ1) is 16.6. The van der Waals surface area contributed by atoms with Crippen molar-refractivity contribution in [3.63, 3.8) is 0 Å². The standard InChI is InChI=1S/C29H44N4O2/c1-28(2)12-13-29(3,4)23-19-21(10-11-22(23)28)25-7-5-9-27(31-25)33-17-15-32(16-18-33)14-6-8-26(35)24(30)20-34/h5,7,9-11,19,24,26,34-35H,6,8,12-18,20,30H2,1-4H3. The molecule has 1 aromatic carbocycles. The normalized spacial score (nSPS) is 21.4. The summed E-state index contributed by atoms with van der Waals surface area (Å²) in [5.74, 6) is 1.05. The van der Waals surface area contributed by atoms with Crippen LogP contribution in [0.1, 0.15) is 64.5 Å². The van der Waals surface area contributed by atoms with Gasteiger partial charge in [0.2, 0.25) is 0 Å². The van der Waals surface area contributed by atoms with Gasteiger partial charge in [-0.15, -0.1) is 0 Å². The Kier molecular flexibility index (Phi) is 7.86. The maximum absolute atomic E-state index is 9.96. The summed E-state index contributed by atoms with van der Waals surface area (Å²) in [6.45, 7) is 14.1. The largest absolute Gasteiger partial charge is 0.395 e. The lowest BCUT2D eigenvalue weighted by Crippen LogP contribution is -2.47. The molecule has 0 radical (unpaired) electrons. The highest BCUT2D eigenvalue weighted by atomic mass is 16.3. The minimum absolute atomic E-state index is 0.174. The average Bonchev–Trinajstić information content (AvgIpc) is 2.86. The number of anilines is 1. The molecule has 0 saturated carbocycles. The van der Waals surface area contributed by atoms with Gasteiger partial charge in [0.1, 0.15) is 5.82 Å². The summed E-state index contributed by atoms with van der Waals surface area (Å²) in [7, 11) is 0. The predicted octanol–water partition coefficient (Wildman–Crippen LogP) is 3.68. The molecule has 1 fully saturated rings. The second-order valence-corrected chi connectivity index (χ2v) is 11.8. The van der Waals surface area contributed by atoms with E-state index in [0.29, 0.717) is 6.42 Å². The Morgan fingerprint density at radius 3 is 2.34 bits per heavy atom. The van der Waals surface area contributed by atoms with Crippen LogP contribution in [-0.2, 0) is 10.8 Å². The van der Waals surface area contributed by atoms with Crippen molar-refractivity contribution in [1.82, 2.24) is 9.88 Å². The molecule has 2 atom stereocenters. The third-order valence-corrected chi connectivity index (χ3v) is 8.26. The molecule has 4 rings (SSSR count). The number of rotatable bonds is 8. The first-order valence-electron chi connectivity index (χ1n) is 13.2. The third kappa shape index (κ3) is 5.88. The number of nitrogens with zero attached hydrogens (tertiary/aromatic N) is 3. The lowest BCUT2D eigenvalue weighted by Gasteiger charge is -2.42. The molecule has 6 heteroatoms. The van der Waals surface area contributed by atoms with Crippen molar-refractivity contribution in [2.75, 3.05) is 44.2 Å². The van der Waals surface area contributed by atoms with Gasteiger partial charge in [0.05, 0.1) is 24.4 Å². The zero-order valence-electron chi connectivity index (χ0n) is 22.0. The predicted molar refractivity (Wildman–Crippen MR) is 144 cm³/mol. The molecule has 0 bridgehead atoms. The molecule has 2 unspecified atom stereocenters. The van der Waals surface area contributed by atoms with Crippen molar-refractivity contribution in [2.45, 2.75) is 76.4 Å². The number of hydrogen-bond acceptors (Lipinski definition) is 6. The molecule has 4 N–H and O–H groups in total. The van der Waals surface area contributed by atoms with Gasteiger partial charge in [0, 0.05) is 31.7 Å². The Morgan fingerprint density at radius 1 is 0.971 bits per heavy atom. The Labute approximate surface area is 211 Å². The maximum Gasteiger partial charge on any atom is 0.129 e. The first kappa shape index (κ1) is 26.1. The Morgan fingerprint density at radius 2 is 1.66 bits per heavy atom. The summed E-state index contributed by atoms with van der Waals surface area (Å²) < 4.78 is 0. The highest BCUT2D eigenvalue weighted by Gasteiger charge is 2.37. The van der Waals surface area contributed by atoms with Gasteiger partial charge >= 0.3 is 0 Å². The third-order valence-electron chi connectivity index (χ3n) is 8.26. The molecule has 1 aromatic heterocycles. The molecule has 35 heavy (non-hydrogen) atoms. The highest BCUT2D eigenvalue weighted by molar-refractivity contribution is 5.65. The zero-order chi connectivity index (χ0) is 25.2. The molecule has 0 amide bonds. The Hall–Kier alpha value is -1.99. The van der Waals surface area contributed by atoms with Gasteiger partial charge in [-0.05, 0) is 72.4 Å². The van der Waals surface area contributed by atoms with Crippen molar-refractivity contribution in [3.8, 4) is 11.3 Å². The number of nitrogens with two attached hydrogens (primary N) is 1. The zero-order valence-corrected chi connectivity index (χ0v) is 22.0. The number of fused-ring (bicyclic) bond motifs is 1. The Balaban J connectivity index is 1.40. The summed E-state index contributed by atoms with van der Waals surface area (Å²) >= 11 is 0. The van der Waals surface area contributed by atoms with E-state index in [1.54, 1.807) is 0 Å². The number of pyridine rings is 1. The minimum atomic E-state index is -0.631. The first-order valence-corrected chi connectivity index (χ1v) is 13.2. The monoisotopic (exact) mass is 480 g/mol. The van der Waals surface area contributed by atoms with E-state index in [1.807, 2.05) is 0 Å². The summed E-state index contributed by atoms with van der Waals surface area (Å²) in [6.07, 6.45) is 3.31. The summed E-state index contributed by atoms with van der Waals surface area (Å²) in [6, 6.07) is 12.8. The number of hydrogen-bond donors (Lipinski definition) is 3. The van der Waals surface area contributed by atoms with Crippen molar-refractivity contribution in [1.29, 1.82) is 0 Å². The molecule has 192 valence electrons. The van der Waals surface area contributed by atoms with Crippen LogP contribution in [0.4, 0.5) is 5.82 Å². The van der Waals surface area contributed by atoms with Gasteiger partial charge in [-0.1, -0.05) is 45.9 Å². The van der Waals surface area contributed by atoms with Crippen LogP contribution in [0.25, 0.3) is 11.3 Å². The van der Waals surface area contributed by atoms with Crippen LogP contribution in [-0.4, -0.2) is 71.6 Å². The van der Waals surface area contributed by atoms with Crippen molar-refractivity contribution < 1.29 is 10.2 Å². The minimum Gasteiger partial charge on any atom is -0.395 e. The molecule has 1 aliphatic carbocycles. The van der Waals surface area contributed by atoms with Gasteiger partial charge in [0.15, 0.2) is 0 Å². The quantitative estimate of drug-likeness (QED) is 0.534. The van der Waals surface area contributed by atoms with E-state index in [4.69, 9.17) is 15.8 Å². The van der Waals surface area contributed by atoms with E-state index in [9.17, 15) is 5.11 Å². The lowest BCUT2D eigenvalue weighted by atomic mass is 9.63. The summed E-state index contributed by atoms with van der Waals surface area (Å²) in [5.41, 5.74) is 11.3. The summed E-state index contributed by atoms with van der Waals surface area (Å²) in [5, 5.41) is 19.0. The van der Waals surface area contributed by atoms with Crippen LogP contribution in [0.5, 0.6) is 0 Å². The van der Waals surface area contributed by atoms with Crippen LogP contribution in [0.15, 0.2) is 36.4 Å². The van der Waals surface area contributed by atoms with E-state index >= 15 is 0 Å². The van der Waals surface area contributed by atoms with Gasteiger partial charge in [0.25, 0.3) is 0 Å². The van der Waals surface area contributed by atoms with Crippen molar-refractivity contribution >= 4 is 5.82 Å². The number of benzene rings is 1. The number of aliphatic hydroxyl groups excluding tert-OH is 2. The van der Waals surface area contributed by atoms with Gasteiger partial charge in [-0.2, -0.15) is 0 Å². The molecule has 1 aliphatic heterocycles. The van der Waals surface area contributed by atoms with Crippen LogP contribution in [0.2, 0.25) is 0 Å². The topological polar surface area (TPSA) is 85.9 Å². The second kappa shape index (κ2) is 10.6. The van der Waals surface area contributed by atoms with Crippen LogP contribution in [0.3, 0.4) is 0 Å². The van der Waals surface area contributed by atoms with Gasteiger partial charge in [-0.25, -0.2) is 4.98 Å². The molecular formula is C29H44N4O2. The number of piperazine rings is 1. The lowest BCUT2D eigenvalue weighted by molar-refractivity contribution is 0.0956. The van der Waals surface area contributed by atoms with Crippen molar-refractivity contribution in [3.05, 3.63) is 47.5 Å². The fourth-order valence-electron chi connectivity index (χ4n) is 5.57. The molecule has 2 aromatic rings. The van der Waals surface area contributed by atoms with E-state index in [-0.39, 0.29) is 17.4 Å². The van der Waals surface area contributed by atoms with E-state index < -0.39 is 12.1 Å². The van der Waals surface area contributed by atoms with E-state index in [0.717, 1.165) is 50.7 Å². The van der Waals surface area contributed by atoms with E-state index in [2.05, 4.69) is 73.9 Å². The fraction of sp³-hybridized carbons (Fsp3) is 0.621. The van der Waals surface area contributed by atoms with Gasteiger partial charge in [-0.3, -0.25) is 4.90 Å². The van der Waals surface area contributed by atoms with Crippen molar-refractivity contribution in [2.24, 2.45) is 5.73 Å². The fourth-order valence-corrected chi connectivity index (χ4v) is 5.57. The van der Waals surface area contributed by atoms with Crippen LogP contribution >= 0.6 is 0 Å². The molecule has 2 aliphatic rings. The Bertz CT molecular complexity index is 998. The molecule has 6 nitrogen and oxygen atoms in total. The average molecular weight is 481 g/mol. The van der Waals surface area contributed by atoms with Crippen LogP contribution < -0.4 is 10.6 Å². The summed E-state index contributed by atoms with van der Waals surface area (Å²) in [4.78, 5) is 9.89. The maximum atomic E-state index is 9.96. The number of aromatic nitrogens is 1. The molecule has 0 spiro atoms. The van der Waals surface area contributed by atoms with Gasteiger partial charge < -0.3 is 20.8 Å². The highest BCUT2D eigenvalue weighted by Crippen LogP contribution is 2.46. The SMILES string of the molecule is CC1(C)CCC(C)(C)c2cc(-c3cccc(N4CCN(CCCC(O)C(N)CO)CC4)n3)ccc21. The van der Waals surface area contributed by atoms with E-state index in [1.165, 1.54) is 29.5 Å². The van der Waals surface area contributed by atoms with Crippen LogP contribution in [0, 0.1) is 0 Å². The molecule has 2 heterocycles. The number of aliphatic hydroxyl groups is 2. The molecular weight excluding hydrogens is 436 g/mol.